The van der Waals surface area contributed by atoms with Crippen molar-refractivity contribution in [2.75, 3.05) is 0 Å². The third-order valence-electron chi connectivity index (χ3n) is 3.05. The van der Waals surface area contributed by atoms with Crippen LogP contribution >= 0.6 is 0 Å². The standard InChI is InChI=1S/C7H14N2.H2O4S.Pt/c8-6-4-1-2-5(3-4)7(6)9;1-5(2,3)4;/h4-7H,1-3,8-9H2;(H2,1,2,3,4);/t4-,5+,6?,7?;;. The Balaban J connectivity index is 0.000000289. The second kappa shape index (κ2) is 5.70. The second-order valence-corrected chi connectivity index (χ2v) is 4.83. The van der Waals surface area contributed by atoms with Crippen LogP contribution < -0.4 is 11.5 Å². The fourth-order valence-corrected chi connectivity index (χ4v) is 2.38. The monoisotopic (exact) mass is 419 g/mol. The molecule has 2 aliphatic carbocycles. The van der Waals surface area contributed by atoms with E-state index in [9.17, 15) is 0 Å². The molecular formula is C7H16N2O4PtS. The molecule has 2 aliphatic rings. The normalized spacial score (nSPS) is 37.9. The molecule has 2 fully saturated rings. The summed E-state index contributed by atoms with van der Waals surface area (Å²) in [5, 5.41) is 0. The Morgan fingerprint density at radius 1 is 1.00 bits per heavy atom. The molecule has 6 N–H and O–H groups in total. The molecule has 0 spiro atoms. The Bertz CT molecular complexity index is 271. The van der Waals surface area contributed by atoms with Gasteiger partial charge in [-0.2, -0.15) is 8.42 Å². The molecule has 0 saturated heterocycles. The van der Waals surface area contributed by atoms with Crippen molar-refractivity contribution >= 4 is 10.4 Å². The Hall–Kier alpha value is 0.478. The maximum Gasteiger partial charge on any atom is 0.394 e. The number of hydrogen-bond acceptors (Lipinski definition) is 4. The summed E-state index contributed by atoms with van der Waals surface area (Å²) in [5.74, 6) is 1.54. The zero-order valence-electron chi connectivity index (χ0n) is 8.02. The largest absolute Gasteiger partial charge is 0.394 e. The first-order valence-electron chi connectivity index (χ1n) is 4.50. The van der Waals surface area contributed by atoms with Crippen LogP contribution in [-0.4, -0.2) is 29.6 Å². The van der Waals surface area contributed by atoms with Crippen LogP contribution in [0.25, 0.3) is 0 Å². The molecule has 2 bridgehead atoms. The maximum atomic E-state index is 8.74. The van der Waals surface area contributed by atoms with Gasteiger partial charge < -0.3 is 11.5 Å². The number of fused-ring (bicyclic) bond motifs is 2. The molecule has 0 aliphatic heterocycles. The summed E-state index contributed by atoms with van der Waals surface area (Å²) in [6, 6.07) is 0.646. The van der Waals surface area contributed by atoms with Crippen molar-refractivity contribution in [3.8, 4) is 0 Å². The first kappa shape index (κ1) is 15.5. The van der Waals surface area contributed by atoms with Crippen LogP contribution in [0.4, 0.5) is 0 Å². The van der Waals surface area contributed by atoms with Gasteiger partial charge in [0.25, 0.3) is 0 Å². The fraction of sp³-hybridized carbons (Fsp3) is 1.00. The van der Waals surface area contributed by atoms with Crippen molar-refractivity contribution in [1.29, 1.82) is 0 Å². The van der Waals surface area contributed by atoms with Crippen LogP contribution in [0, 0.1) is 11.8 Å². The van der Waals surface area contributed by atoms with Gasteiger partial charge in [-0.25, -0.2) is 0 Å². The topological polar surface area (TPSA) is 127 Å². The molecule has 15 heavy (non-hydrogen) atoms. The van der Waals surface area contributed by atoms with Crippen molar-refractivity contribution in [2.45, 2.75) is 31.3 Å². The van der Waals surface area contributed by atoms with Crippen LogP contribution in [0.1, 0.15) is 19.3 Å². The Labute approximate surface area is 104 Å². The van der Waals surface area contributed by atoms with E-state index in [2.05, 4.69) is 0 Å². The van der Waals surface area contributed by atoms with Gasteiger partial charge in [0.05, 0.1) is 0 Å². The van der Waals surface area contributed by atoms with Crippen molar-refractivity contribution in [2.24, 2.45) is 23.3 Å². The van der Waals surface area contributed by atoms with E-state index in [1.807, 2.05) is 0 Å². The van der Waals surface area contributed by atoms with Gasteiger partial charge in [0, 0.05) is 33.1 Å². The average molecular weight is 419 g/mol. The van der Waals surface area contributed by atoms with Crippen LogP contribution in [-0.2, 0) is 31.5 Å². The molecule has 0 heterocycles. The summed E-state index contributed by atoms with van der Waals surface area (Å²) < 4.78 is 31.6. The first-order chi connectivity index (χ1) is 6.29. The molecule has 94 valence electrons. The molecule has 2 rings (SSSR count). The SMILES string of the molecule is NC1C(N)[C@H]2CC[C@@H]1C2.O=S(=O)(O)O.[Pt]. The van der Waals surface area contributed by atoms with Gasteiger partial charge in [0.2, 0.25) is 0 Å². The summed E-state index contributed by atoms with van der Waals surface area (Å²) in [6.07, 6.45) is 3.97. The smallest absolute Gasteiger partial charge is 0.326 e. The van der Waals surface area contributed by atoms with E-state index in [4.69, 9.17) is 29.0 Å². The van der Waals surface area contributed by atoms with E-state index in [1.165, 1.54) is 19.3 Å². The fourth-order valence-electron chi connectivity index (χ4n) is 2.38. The molecule has 0 aromatic heterocycles. The molecule has 0 aromatic rings. The van der Waals surface area contributed by atoms with Crippen molar-refractivity contribution < 1.29 is 38.6 Å². The van der Waals surface area contributed by atoms with E-state index >= 15 is 0 Å². The van der Waals surface area contributed by atoms with Gasteiger partial charge in [-0.15, -0.1) is 0 Å². The second-order valence-electron chi connectivity index (χ2n) is 3.94. The van der Waals surface area contributed by atoms with E-state index < -0.39 is 10.4 Å². The maximum absolute atomic E-state index is 8.74. The van der Waals surface area contributed by atoms with Gasteiger partial charge in [0.15, 0.2) is 0 Å². The summed E-state index contributed by atoms with van der Waals surface area (Å²) in [5.41, 5.74) is 11.7. The van der Waals surface area contributed by atoms with Crippen LogP contribution in [0.2, 0.25) is 0 Å². The van der Waals surface area contributed by atoms with E-state index in [1.54, 1.807) is 0 Å². The summed E-state index contributed by atoms with van der Waals surface area (Å²) in [7, 11) is -4.67. The van der Waals surface area contributed by atoms with Crippen molar-refractivity contribution in [3.05, 3.63) is 0 Å². The molecule has 2 unspecified atom stereocenters. The van der Waals surface area contributed by atoms with Gasteiger partial charge in [-0.05, 0) is 31.1 Å². The third-order valence-corrected chi connectivity index (χ3v) is 3.05. The third kappa shape index (κ3) is 4.89. The van der Waals surface area contributed by atoms with Crippen molar-refractivity contribution in [3.63, 3.8) is 0 Å². The predicted octanol–water partition coefficient (Wildman–Crippen LogP) is -0.584. The quantitative estimate of drug-likeness (QED) is 0.389. The van der Waals surface area contributed by atoms with E-state index in [0.717, 1.165) is 11.8 Å². The number of nitrogens with two attached hydrogens (primary N) is 2. The summed E-state index contributed by atoms with van der Waals surface area (Å²) in [4.78, 5) is 0. The van der Waals surface area contributed by atoms with Crippen LogP contribution in [0.3, 0.4) is 0 Å². The molecule has 0 aromatic carbocycles. The average Bonchev–Trinajstić information content (AvgIpc) is 2.52. The van der Waals surface area contributed by atoms with Crippen LogP contribution in [0.15, 0.2) is 0 Å². The Morgan fingerprint density at radius 3 is 1.40 bits per heavy atom. The summed E-state index contributed by atoms with van der Waals surface area (Å²) in [6.45, 7) is 0. The van der Waals surface area contributed by atoms with Gasteiger partial charge in [-0.1, -0.05) is 0 Å². The molecule has 8 heteroatoms. The predicted molar refractivity (Wildman–Crippen MR) is 51.0 cm³/mol. The molecular weight excluding hydrogens is 403 g/mol. The van der Waals surface area contributed by atoms with Gasteiger partial charge in [-0.3, -0.25) is 9.11 Å². The minimum absolute atomic E-state index is 0. The molecule has 6 nitrogen and oxygen atoms in total. The minimum Gasteiger partial charge on any atom is -0.326 e. The van der Waals surface area contributed by atoms with E-state index in [0.29, 0.717) is 12.1 Å². The molecule has 2 saturated carbocycles. The molecule has 0 amide bonds. The Kier molecular flexibility index (Phi) is 5.88. The first-order valence-corrected chi connectivity index (χ1v) is 5.90. The molecule has 4 atom stereocenters. The van der Waals surface area contributed by atoms with Crippen LogP contribution in [0.5, 0.6) is 0 Å². The van der Waals surface area contributed by atoms with E-state index in [-0.39, 0.29) is 21.1 Å². The van der Waals surface area contributed by atoms with Gasteiger partial charge in [0.1, 0.15) is 0 Å². The van der Waals surface area contributed by atoms with Crippen molar-refractivity contribution in [1.82, 2.24) is 0 Å². The number of rotatable bonds is 0. The Morgan fingerprint density at radius 2 is 1.27 bits per heavy atom. The zero-order valence-corrected chi connectivity index (χ0v) is 11.1. The zero-order chi connectivity index (χ0) is 10.9. The molecule has 0 radical (unpaired) electrons. The number of hydrogen-bond donors (Lipinski definition) is 4. The van der Waals surface area contributed by atoms with Gasteiger partial charge >= 0.3 is 10.4 Å². The summed E-state index contributed by atoms with van der Waals surface area (Å²) >= 11 is 0. The minimum atomic E-state index is -4.67.